The van der Waals surface area contributed by atoms with Gasteiger partial charge in [-0.05, 0) is 30.5 Å². The maximum atomic E-state index is 13.6. The van der Waals surface area contributed by atoms with Crippen LogP contribution >= 0.6 is 0 Å². The average Bonchev–Trinajstić information content (AvgIpc) is 2.79. The van der Waals surface area contributed by atoms with Crippen molar-refractivity contribution >= 4 is 17.8 Å². The molecule has 24 heavy (non-hydrogen) atoms. The van der Waals surface area contributed by atoms with E-state index in [1.165, 1.54) is 12.1 Å². The lowest BCUT2D eigenvalue weighted by Crippen LogP contribution is -2.44. The molecule has 128 valence electrons. The Kier molecular flexibility index (Phi) is 4.78. The molecular formula is C17H20FN3O3. The summed E-state index contributed by atoms with van der Waals surface area (Å²) >= 11 is 0. The highest BCUT2D eigenvalue weighted by Crippen LogP contribution is 2.30. The zero-order valence-electron chi connectivity index (χ0n) is 13.3. The van der Waals surface area contributed by atoms with E-state index >= 15 is 0 Å². The second kappa shape index (κ2) is 6.98. The van der Waals surface area contributed by atoms with Crippen LogP contribution in [0.3, 0.4) is 0 Å². The summed E-state index contributed by atoms with van der Waals surface area (Å²) in [6.45, 7) is 0.208. The van der Waals surface area contributed by atoms with E-state index in [0.29, 0.717) is 6.54 Å². The second-order valence-electron chi connectivity index (χ2n) is 6.15. The van der Waals surface area contributed by atoms with Crippen molar-refractivity contribution in [3.05, 3.63) is 35.6 Å². The molecule has 0 spiro atoms. The Balaban J connectivity index is 1.80. The number of carbonyl (C=O) groups is 3. The monoisotopic (exact) mass is 333 g/mol. The van der Waals surface area contributed by atoms with Crippen molar-refractivity contribution in [2.24, 2.45) is 0 Å². The van der Waals surface area contributed by atoms with Crippen molar-refractivity contribution in [2.75, 3.05) is 19.6 Å². The Bertz CT molecular complexity index is 648. The Hall–Kier alpha value is -2.44. The number of carbonyl (C=O) groups excluding carboxylic acids is 3. The first-order valence-corrected chi connectivity index (χ1v) is 8.19. The van der Waals surface area contributed by atoms with E-state index in [1.807, 2.05) is 6.07 Å². The van der Waals surface area contributed by atoms with Crippen molar-refractivity contribution < 1.29 is 18.8 Å². The topological polar surface area (TPSA) is 69.7 Å². The van der Waals surface area contributed by atoms with E-state index in [2.05, 4.69) is 5.32 Å². The molecule has 2 aliphatic heterocycles. The van der Waals surface area contributed by atoms with Crippen LogP contribution in [0.4, 0.5) is 9.18 Å². The minimum Gasteiger partial charge on any atom is -0.334 e. The third-order valence-electron chi connectivity index (χ3n) is 4.54. The van der Waals surface area contributed by atoms with Crippen LogP contribution in [0, 0.1) is 5.82 Å². The molecule has 0 radical (unpaired) electrons. The lowest BCUT2D eigenvalue weighted by atomic mass is 10.0. The number of rotatable bonds is 3. The zero-order chi connectivity index (χ0) is 17.1. The summed E-state index contributed by atoms with van der Waals surface area (Å²) in [5, 5.41) is 2.41. The van der Waals surface area contributed by atoms with Gasteiger partial charge in [0, 0.05) is 6.54 Å². The van der Waals surface area contributed by atoms with E-state index in [9.17, 15) is 18.8 Å². The smallest absolute Gasteiger partial charge is 0.325 e. The van der Waals surface area contributed by atoms with Crippen LogP contribution in [0.5, 0.6) is 0 Å². The number of nitrogens with one attached hydrogen (secondary N) is 1. The van der Waals surface area contributed by atoms with E-state index < -0.39 is 11.9 Å². The van der Waals surface area contributed by atoms with Crippen LogP contribution in [0.2, 0.25) is 0 Å². The van der Waals surface area contributed by atoms with Gasteiger partial charge in [-0.25, -0.2) is 9.18 Å². The van der Waals surface area contributed by atoms with Crippen molar-refractivity contribution in [1.82, 2.24) is 15.1 Å². The first-order chi connectivity index (χ1) is 11.6. The molecule has 1 N–H and O–H groups in total. The number of amides is 4. The predicted octanol–water partition coefficient (Wildman–Crippen LogP) is 1.82. The van der Waals surface area contributed by atoms with E-state index in [-0.39, 0.29) is 30.9 Å². The highest BCUT2D eigenvalue weighted by Gasteiger charge is 2.34. The highest BCUT2D eigenvalue weighted by molar-refractivity contribution is 6.04. The molecule has 0 unspecified atom stereocenters. The van der Waals surface area contributed by atoms with Gasteiger partial charge >= 0.3 is 6.03 Å². The predicted molar refractivity (Wildman–Crippen MR) is 84.4 cm³/mol. The third-order valence-corrected chi connectivity index (χ3v) is 4.54. The first kappa shape index (κ1) is 16.4. The minimum absolute atomic E-state index is 0.0700. The summed E-state index contributed by atoms with van der Waals surface area (Å²) in [6, 6.07) is 5.51. The summed E-state index contributed by atoms with van der Waals surface area (Å²) in [5.74, 6) is -1.01. The number of nitrogens with zero attached hydrogens (tertiary/aromatic N) is 2. The van der Waals surface area contributed by atoms with Crippen LogP contribution in [0.1, 0.15) is 37.3 Å². The van der Waals surface area contributed by atoms with Crippen LogP contribution in [0.15, 0.2) is 24.3 Å². The van der Waals surface area contributed by atoms with Crippen LogP contribution < -0.4 is 5.32 Å². The van der Waals surface area contributed by atoms with Gasteiger partial charge in [-0.15, -0.1) is 0 Å². The fraction of sp³-hybridized carbons (Fsp3) is 0.471. The first-order valence-electron chi connectivity index (χ1n) is 8.19. The molecular weight excluding hydrogens is 313 g/mol. The number of imide groups is 1. The average molecular weight is 333 g/mol. The fourth-order valence-corrected chi connectivity index (χ4v) is 3.31. The molecule has 6 nitrogen and oxygen atoms in total. The molecule has 0 aromatic heterocycles. The summed E-state index contributed by atoms with van der Waals surface area (Å²) in [7, 11) is 0. The molecule has 0 bridgehead atoms. The largest absolute Gasteiger partial charge is 0.334 e. The highest BCUT2D eigenvalue weighted by atomic mass is 19.1. The van der Waals surface area contributed by atoms with Gasteiger partial charge < -0.3 is 10.2 Å². The summed E-state index contributed by atoms with van der Waals surface area (Å²) in [5.41, 5.74) is 0.752. The molecule has 2 fully saturated rings. The van der Waals surface area contributed by atoms with Crippen molar-refractivity contribution in [1.29, 1.82) is 0 Å². The van der Waals surface area contributed by atoms with Gasteiger partial charge in [-0.3, -0.25) is 14.5 Å². The van der Waals surface area contributed by atoms with Gasteiger partial charge in [0.15, 0.2) is 0 Å². The maximum absolute atomic E-state index is 13.6. The number of hydrogen-bond acceptors (Lipinski definition) is 3. The van der Waals surface area contributed by atoms with Gasteiger partial charge in [0.05, 0.1) is 12.6 Å². The number of hydrogen-bond donors (Lipinski definition) is 1. The lowest BCUT2D eigenvalue weighted by Gasteiger charge is -2.31. The molecule has 2 aliphatic rings. The Morgan fingerprint density at radius 3 is 2.79 bits per heavy atom. The molecule has 4 amide bonds. The van der Waals surface area contributed by atoms with Gasteiger partial charge in [-0.2, -0.15) is 0 Å². The Morgan fingerprint density at radius 2 is 2.08 bits per heavy atom. The zero-order valence-corrected chi connectivity index (χ0v) is 13.3. The number of urea groups is 1. The minimum atomic E-state index is -0.537. The summed E-state index contributed by atoms with van der Waals surface area (Å²) in [6.07, 6.45) is 3.56. The molecule has 2 heterocycles. The normalized spacial score (nSPS) is 21.6. The number of benzene rings is 1. The summed E-state index contributed by atoms with van der Waals surface area (Å²) < 4.78 is 13.6. The molecule has 1 aromatic rings. The standard InChI is InChI=1S/C17H20FN3O3/c18-13-6-4-5-12(9-13)14-7-2-1-3-8-20(14)16(23)11-21-15(22)10-19-17(21)24/h4-6,9,14H,1-3,7-8,10-11H2,(H,19,24)/t14-/m1/s1. The number of halogens is 1. The molecule has 3 rings (SSSR count). The molecule has 2 saturated heterocycles. The van der Waals surface area contributed by atoms with Gasteiger partial charge in [0.25, 0.3) is 5.91 Å². The van der Waals surface area contributed by atoms with Crippen molar-refractivity contribution in [3.8, 4) is 0 Å². The van der Waals surface area contributed by atoms with Crippen LogP contribution in [-0.2, 0) is 9.59 Å². The van der Waals surface area contributed by atoms with Crippen LogP contribution in [0.25, 0.3) is 0 Å². The Morgan fingerprint density at radius 1 is 1.25 bits per heavy atom. The molecule has 7 heteroatoms. The summed E-state index contributed by atoms with van der Waals surface area (Å²) in [4.78, 5) is 38.7. The van der Waals surface area contributed by atoms with Crippen molar-refractivity contribution in [2.45, 2.75) is 31.7 Å². The SMILES string of the molecule is O=C1CNC(=O)N1CC(=O)N1CCCCC[C@@H]1c1cccc(F)c1. The molecule has 1 atom stereocenters. The van der Waals surface area contributed by atoms with Gasteiger partial charge in [0.1, 0.15) is 12.4 Å². The van der Waals surface area contributed by atoms with Crippen molar-refractivity contribution in [3.63, 3.8) is 0 Å². The Labute approximate surface area is 139 Å². The third kappa shape index (κ3) is 3.39. The van der Waals surface area contributed by atoms with Crippen LogP contribution in [-0.4, -0.2) is 47.3 Å². The van der Waals surface area contributed by atoms with E-state index in [0.717, 1.165) is 36.1 Å². The van der Waals surface area contributed by atoms with E-state index in [4.69, 9.17) is 0 Å². The maximum Gasteiger partial charge on any atom is 0.325 e. The van der Waals surface area contributed by atoms with Gasteiger partial charge in [-0.1, -0.05) is 25.0 Å². The number of likely N-dealkylation sites (tertiary alicyclic amines) is 1. The molecule has 1 aromatic carbocycles. The molecule has 0 aliphatic carbocycles. The second-order valence-corrected chi connectivity index (χ2v) is 6.15. The van der Waals surface area contributed by atoms with Gasteiger partial charge in [0.2, 0.25) is 5.91 Å². The lowest BCUT2D eigenvalue weighted by molar-refractivity contribution is -0.138. The molecule has 0 saturated carbocycles. The quantitative estimate of drug-likeness (QED) is 0.858. The van der Waals surface area contributed by atoms with E-state index in [1.54, 1.807) is 11.0 Å². The fourth-order valence-electron chi connectivity index (χ4n) is 3.31.